The average molecular weight is 208 g/mol. The maximum absolute atomic E-state index is 11.1. The number of nitrogens with zero attached hydrogens (tertiary/aromatic N) is 1. The van der Waals surface area contributed by atoms with E-state index < -0.39 is 0 Å². The Morgan fingerprint density at radius 1 is 1.71 bits per heavy atom. The third-order valence-corrected chi connectivity index (χ3v) is 1.75. The summed E-state index contributed by atoms with van der Waals surface area (Å²) in [4.78, 5) is 28.0. The van der Waals surface area contributed by atoms with Crippen molar-refractivity contribution >= 4 is 41.2 Å². The fourth-order valence-corrected chi connectivity index (χ4v) is 0.964. The van der Waals surface area contributed by atoms with Crippen LogP contribution < -0.4 is 5.48 Å². The van der Waals surface area contributed by atoms with Crippen molar-refractivity contribution < 1.29 is 14.4 Å². The summed E-state index contributed by atoms with van der Waals surface area (Å²) in [5.41, 5.74) is 2.24. The zero-order chi connectivity index (χ0) is 9.84. The molecule has 0 bridgehead atoms. The molecule has 5 nitrogen and oxygen atoms in total. The van der Waals surface area contributed by atoms with Gasteiger partial charge >= 0.3 is 29.6 Å². The van der Waals surface area contributed by atoms with Gasteiger partial charge in [0.1, 0.15) is 12.6 Å². The normalized spacial score (nSPS) is 20.4. The SMILES string of the molecule is CC(=O)C=CN(C)C1CONC1=O.[NaH]. The molecule has 1 fully saturated rings. The first kappa shape index (κ1) is 13.6. The van der Waals surface area contributed by atoms with E-state index >= 15 is 0 Å². The van der Waals surface area contributed by atoms with Crippen molar-refractivity contribution in [3.8, 4) is 0 Å². The van der Waals surface area contributed by atoms with Crippen LogP contribution in [0.3, 0.4) is 0 Å². The Bertz CT molecular complexity index is 255. The zero-order valence-electron chi connectivity index (χ0n) is 7.61. The van der Waals surface area contributed by atoms with Gasteiger partial charge in [-0.3, -0.25) is 14.4 Å². The molecular formula is C8H13N2NaO3. The van der Waals surface area contributed by atoms with Gasteiger partial charge in [0.05, 0.1) is 0 Å². The molecule has 14 heavy (non-hydrogen) atoms. The minimum atomic E-state index is -0.337. The molecule has 1 heterocycles. The Balaban J connectivity index is 0.00000169. The average Bonchev–Trinajstić information content (AvgIpc) is 2.47. The summed E-state index contributed by atoms with van der Waals surface area (Å²) in [5.74, 6) is -0.234. The summed E-state index contributed by atoms with van der Waals surface area (Å²) in [7, 11) is 1.72. The van der Waals surface area contributed by atoms with Gasteiger partial charge in [-0.1, -0.05) is 0 Å². The summed E-state index contributed by atoms with van der Waals surface area (Å²) in [6.07, 6.45) is 2.98. The molecule has 0 radical (unpaired) electrons. The van der Waals surface area contributed by atoms with Crippen molar-refractivity contribution in [1.82, 2.24) is 10.4 Å². The van der Waals surface area contributed by atoms with Crippen LogP contribution in [0.5, 0.6) is 0 Å². The molecule has 0 aromatic heterocycles. The van der Waals surface area contributed by atoms with Gasteiger partial charge < -0.3 is 4.90 Å². The fraction of sp³-hybridized carbons (Fsp3) is 0.500. The molecule has 1 rings (SSSR count). The molecule has 0 spiro atoms. The number of hydrogen-bond donors (Lipinski definition) is 1. The second-order valence-electron chi connectivity index (χ2n) is 2.88. The molecule has 1 amide bonds. The summed E-state index contributed by atoms with van der Waals surface area (Å²) in [6.45, 7) is 1.76. The van der Waals surface area contributed by atoms with Gasteiger partial charge in [-0.15, -0.1) is 0 Å². The van der Waals surface area contributed by atoms with E-state index in [0.717, 1.165) is 0 Å². The number of rotatable bonds is 3. The fourth-order valence-electron chi connectivity index (χ4n) is 0.964. The quantitative estimate of drug-likeness (QED) is 0.467. The number of allylic oxidation sites excluding steroid dienone is 1. The second-order valence-corrected chi connectivity index (χ2v) is 2.88. The number of carbonyl (C=O) groups excluding carboxylic acids is 2. The van der Waals surface area contributed by atoms with E-state index in [1.807, 2.05) is 0 Å². The third-order valence-electron chi connectivity index (χ3n) is 1.75. The number of hydrogen-bond acceptors (Lipinski definition) is 4. The van der Waals surface area contributed by atoms with Gasteiger partial charge in [-0.05, 0) is 13.0 Å². The summed E-state index contributed by atoms with van der Waals surface area (Å²) >= 11 is 0. The number of hydroxylamine groups is 1. The Morgan fingerprint density at radius 2 is 2.36 bits per heavy atom. The predicted octanol–water partition coefficient (Wildman–Crippen LogP) is -1.20. The first-order valence-electron chi connectivity index (χ1n) is 3.93. The molecule has 1 aliphatic heterocycles. The van der Waals surface area contributed by atoms with E-state index in [1.54, 1.807) is 18.1 Å². The molecule has 0 aromatic carbocycles. The van der Waals surface area contributed by atoms with Crippen LogP contribution in [0.4, 0.5) is 0 Å². The molecular weight excluding hydrogens is 195 g/mol. The van der Waals surface area contributed by atoms with E-state index in [1.165, 1.54) is 13.0 Å². The molecule has 1 saturated heterocycles. The molecule has 6 heteroatoms. The molecule has 1 atom stereocenters. The Kier molecular flexibility index (Phi) is 6.03. The van der Waals surface area contributed by atoms with Gasteiger partial charge in [-0.2, -0.15) is 0 Å². The van der Waals surface area contributed by atoms with Crippen molar-refractivity contribution in [2.75, 3.05) is 13.7 Å². The number of nitrogens with one attached hydrogen (secondary N) is 1. The van der Waals surface area contributed by atoms with Crippen molar-refractivity contribution in [2.24, 2.45) is 0 Å². The standard InChI is InChI=1S/C8H12N2O3.Na.H/c1-6(11)3-4-10(2)7-5-13-9-8(7)12;;/h3-4,7H,5H2,1-2H3,(H,9,12);;. The first-order chi connectivity index (χ1) is 6.11. The molecule has 0 aromatic rings. The predicted molar refractivity (Wildman–Crippen MR) is 52.6 cm³/mol. The Hall–Kier alpha value is -0.360. The van der Waals surface area contributed by atoms with Crippen LogP contribution in [-0.2, 0) is 14.4 Å². The van der Waals surface area contributed by atoms with Crippen LogP contribution in [0.1, 0.15) is 6.92 Å². The van der Waals surface area contributed by atoms with Gasteiger partial charge in [0.25, 0.3) is 5.91 Å². The Morgan fingerprint density at radius 3 is 2.79 bits per heavy atom. The topological polar surface area (TPSA) is 58.6 Å². The number of amides is 1. The van der Waals surface area contributed by atoms with Gasteiger partial charge in [0, 0.05) is 13.2 Å². The van der Waals surface area contributed by atoms with Crippen LogP contribution >= 0.6 is 0 Å². The number of carbonyl (C=O) groups is 2. The van der Waals surface area contributed by atoms with Crippen LogP contribution in [-0.4, -0.2) is 65.8 Å². The van der Waals surface area contributed by atoms with Crippen LogP contribution in [0.2, 0.25) is 0 Å². The van der Waals surface area contributed by atoms with Gasteiger partial charge in [-0.25, -0.2) is 5.48 Å². The molecule has 74 valence electrons. The second kappa shape index (κ2) is 6.19. The van der Waals surface area contributed by atoms with E-state index in [4.69, 9.17) is 4.84 Å². The first-order valence-corrected chi connectivity index (χ1v) is 3.93. The number of likely N-dealkylation sites (N-methyl/N-ethyl adjacent to an activating group) is 1. The van der Waals surface area contributed by atoms with Crippen molar-refractivity contribution in [1.29, 1.82) is 0 Å². The van der Waals surface area contributed by atoms with Crippen molar-refractivity contribution in [3.63, 3.8) is 0 Å². The van der Waals surface area contributed by atoms with Crippen LogP contribution in [0, 0.1) is 0 Å². The van der Waals surface area contributed by atoms with E-state index in [2.05, 4.69) is 5.48 Å². The van der Waals surface area contributed by atoms with Crippen LogP contribution in [0.15, 0.2) is 12.3 Å². The maximum atomic E-state index is 11.1. The van der Waals surface area contributed by atoms with Gasteiger partial charge in [0.15, 0.2) is 5.78 Å². The van der Waals surface area contributed by atoms with Crippen molar-refractivity contribution in [2.45, 2.75) is 13.0 Å². The zero-order valence-corrected chi connectivity index (χ0v) is 7.61. The summed E-state index contributed by atoms with van der Waals surface area (Å²) < 4.78 is 0. The number of ketones is 1. The van der Waals surface area contributed by atoms with Crippen LogP contribution in [0.25, 0.3) is 0 Å². The van der Waals surface area contributed by atoms with E-state index in [0.29, 0.717) is 6.61 Å². The monoisotopic (exact) mass is 208 g/mol. The summed E-state index contributed by atoms with van der Waals surface area (Å²) in [5, 5.41) is 0. The molecule has 1 aliphatic rings. The Labute approximate surface area is 105 Å². The molecule has 0 saturated carbocycles. The van der Waals surface area contributed by atoms with Crippen molar-refractivity contribution in [3.05, 3.63) is 12.3 Å². The minimum absolute atomic E-state index is 0. The third kappa shape index (κ3) is 3.79. The van der Waals surface area contributed by atoms with Gasteiger partial charge in [0.2, 0.25) is 0 Å². The molecule has 1 N–H and O–H groups in total. The summed E-state index contributed by atoms with van der Waals surface area (Å²) in [6, 6.07) is -0.337. The molecule has 0 aliphatic carbocycles. The van der Waals surface area contributed by atoms with E-state index in [9.17, 15) is 9.59 Å². The van der Waals surface area contributed by atoms with E-state index in [-0.39, 0.29) is 47.3 Å². The molecule has 1 unspecified atom stereocenters.